The topological polar surface area (TPSA) is 98.8 Å². The fourth-order valence-electron chi connectivity index (χ4n) is 4.36. The van der Waals surface area contributed by atoms with Crippen molar-refractivity contribution in [1.29, 1.82) is 0 Å². The SMILES string of the molecule is CC1(C#Cc2cccc3c2CCCCN3c2nc(=O)n(C(O)(O)O)c3cccc(F)c23)CC1. The van der Waals surface area contributed by atoms with Crippen LogP contribution in [0.5, 0.6) is 0 Å². The Morgan fingerprint density at radius 3 is 2.61 bits per heavy atom. The Balaban J connectivity index is 1.74. The average molecular weight is 449 g/mol. The van der Waals surface area contributed by atoms with Crippen molar-refractivity contribution in [3.05, 3.63) is 63.8 Å². The van der Waals surface area contributed by atoms with Crippen LogP contribution in [-0.2, 0) is 12.5 Å². The average Bonchev–Trinajstić information content (AvgIpc) is 3.52. The summed E-state index contributed by atoms with van der Waals surface area (Å²) in [5.74, 6) is 6.06. The quantitative estimate of drug-likeness (QED) is 0.411. The number of rotatable bonds is 2. The molecule has 2 aromatic carbocycles. The molecule has 1 aliphatic carbocycles. The minimum Gasteiger partial charge on any atom is -0.325 e. The molecule has 0 spiro atoms. The van der Waals surface area contributed by atoms with Crippen molar-refractivity contribution >= 4 is 22.4 Å². The Morgan fingerprint density at radius 1 is 1.12 bits per heavy atom. The van der Waals surface area contributed by atoms with Crippen molar-refractivity contribution in [2.24, 2.45) is 5.41 Å². The van der Waals surface area contributed by atoms with Crippen molar-refractivity contribution in [3.8, 4) is 11.8 Å². The van der Waals surface area contributed by atoms with Gasteiger partial charge < -0.3 is 20.2 Å². The van der Waals surface area contributed by atoms with E-state index in [1.165, 1.54) is 18.2 Å². The maximum Gasteiger partial charge on any atom is 0.377 e. The maximum absolute atomic E-state index is 15.1. The summed E-state index contributed by atoms with van der Waals surface area (Å²) in [4.78, 5) is 18.5. The fourth-order valence-corrected chi connectivity index (χ4v) is 4.36. The fraction of sp³-hybridized carbons (Fsp3) is 0.360. The van der Waals surface area contributed by atoms with E-state index in [1.807, 2.05) is 18.2 Å². The lowest BCUT2D eigenvalue weighted by atomic mass is 10.00. The highest BCUT2D eigenvalue weighted by molar-refractivity contribution is 5.93. The molecule has 0 atom stereocenters. The zero-order chi connectivity index (χ0) is 23.4. The van der Waals surface area contributed by atoms with E-state index in [0.29, 0.717) is 6.54 Å². The van der Waals surface area contributed by atoms with Crippen LogP contribution in [0.15, 0.2) is 41.2 Å². The van der Waals surface area contributed by atoms with Crippen LogP contribution in [0.25, 0.3) is 10.9 Å². The van der Waals surface area contributed by atoms with Crippen LogP contribution < -0.4 is 10.6 Å². The van der Waals surface area contributed by atoms with E-state index in [2.05, 4.69) is 23.7 Å². The van der Waals surface area contributed by atoms with Crippen molar-refractivity contribution in [1.82, 2.24) is 9.55 Å². The molecule has 1 saturated carbocycles. The van der Waals surface area contributed by atoms with Crippen molar-refractivity contribution in [2.45, 2.75) is 45.1 Å². The van der Waals surface area contributed by atoms with Crippen LogP contribution >= 0.6 is 0 Å². The normalized spacial score (nSPS) is 17.2. The molecule has 0 radical (unpaired) electrons. The number of hydrogen-bond acceptors (Lipinski definition) is 6. The molecule has 2 heterocycles. The molecule has 5 rings (SSSR count). The summed E-state index contributed by atoms with van der Waals surface area (Å²) in [6.07, 6.45) is 1.13. The van der Waals surface area contributed by atoms with Crippen LogP contribution in [0.1, 0.15) is 43.7 Å². The summed E-state index contributed by atoms with van der Waals surface area (Å²) >= 11 is 0. The molecule has 8 heteroatoms. The van der Waals surface area contributed by atoms with Gasteiger partial charge in [-0.3, -0.25) is 0 Å². The summed E-state index contributed by atoms with van der Waals surface area (Å²) < 4.78 is 15.3. The van der Waals surface area contributed by atoms with Crippen LogP contribution in [0, 0.1) is 23.1 Å². The summed E-state index contributed by atoms with van der Waals surface area (Å²) in [6, 6.07) is 9.62. The predicted molar refractivity (Wildman–Crippen MR) is 121 cm³/mol. The summed E-state index contributed by atoms with van der Waals surface area (Å²) in [7, 11) is 0. The van der Waals surface area contributed by atoms with Gasteiger partial charge in [-0.2, -0.15) is 4.98 Å². The van der Waals surface area contributed by atoms with Gasteiger partial charge in [-0.1, -0.05) is 24.0 Å². The molecular formula is C25H24FN3O4. The Morgan fingerprint density at radius 2 is 1.88 bits per heavy atom. The van der Waals surface area contributed by atoms with Crippen LogP contribution in [-0.4, -0.2) is 31.4 Å². The maximum atomic E-state index is 15.1. The number of anilines is 2. The minimum atomic E-state index is -3.52. The third kappa shape index (κ3) is 3.89. The van der Waals surface area contributed by atoms with Gasteiger partial charge in [0.2, 0.25) is 0 Å². The lowest BCUT2D eigenvalue weighted by molar-refractivity contribution is -0.374. The Hall–Kier alpha value is -3.25. The van der Waals surface area contributed by atoms with E-state index in [9.17, 15) is 20.1 Å². The molecule has 1 aromatic heterocycles. The standard InChI is InChI=1S/C25H24FN3O4/c1-24(13-14-24)12-11-16-6-4-9-19-17(16)7-2-3-15-28(19)22-21-18(26)8-5-10-20(21)29(23(30)27-22)25(31,32)33/h4-6,8-10,31-33H,2-3,7,13-15H2,1H3. The summed E-state index contributed by atoms with van der Waals surface area (Å²) in [5.41, 5.74) is 1.50. The van der Waals surface area contributed by atoms with Gasteiger partial charge in [0.05, 0.1) is 10.9 Å². The van der Waals surface area contributed by atoms with Gasteiger partial charge in [-0.25, -0.2) is 13.8 Å². The number of aliphatic hydroxyl groups is 3. The molecule has 1 aliphatic heterocycles. The molecule has 1 fully saturated rings. The van der Waals surface area contributed by atoms with E-state index < -0.39 is 17.6 Å². The second kappa shape index (κ2) is 7.66. The molecule has 170 valence electrons. The number of halogens is 1. The van der Waals surface area contributed by atoms with Crippen molar-refractivity contribution in [3.63, 3.8) is 0 Å². The first kappa shape index (κ1) is 21.6. The van der Waals surface area contributed by atoms with Crippen molar-refractivity contribution in [2.75, 3.05) is 11.4 Å². The molecule has 33 heavy (non-hydrogen) atoms. The highest BCUT2D eigenvalue weighted by atomic mass is 19.1. The molecule has 0 bridgehead atoms. The lowest BCUT2D eigenvalue weighted by Gasteiger charge is -2.27. The first-order chi connectivity index (χ1) is 15.7. The Kier molecular flexibility index (Phi) is 5.01. The summed E-state index contributed by atoms with van der Waals surface area (Å²) in [5, 5.41) is 29.0. The lowest BCUT2D eigenvalue weighted by Crippen LogP contribution is -2.43. The van der Waals surface area contributed by atoms with Gasteiger partial charge in [0.1, 0.15) is 5.82 Å². The van der Waals surface area contributed by atoms with E-state index >= 15 is 4.39 Å². The molecular weight excluding hydrogens is 425 g/mol. The van der Waals surface area contributed by atoms with Gasteiger partial charge in [-0.05, 0) is 68.9 Å². The zero-order valence-electron chi connectivity index (χ0n) is 18.2. The van der Waals surface area contributed by atoms with E-state index in [1.54, 1.807) is 4.90 Å². The van der Waals surface area contributed by atoms with Gasteiger partial charge >= 0.3 is 11.8 Å². The molecule has 7 nitrogen and oxygen atoms in total. The highest BCUT2D eigenvalue weighted by Gasteiger charge is 2.35. The van der Waals surface area contributed by atoms with Crippen molar-refractivity contribution < 1.29 is 19.7 Å². The Bertz CT molecular complexity index is 1380. The van der Waals surface area contributed by atoms with E-state index in [4.69, 9.17) is 0 Å². The third-order valence-corrected chi connectivity index (χ3v) is 6.40. The minimum absolute atomic E-state index is 0.0658. The van der Waals surface area contributed by atoms with Gasteiger partial charge in [0.25, 0.3) is 0 Å². The number of aromatic nitrogens is 2. The van der Waals surface area contributed by atoms with Gasteiger partial charge in [-0.15, -0.1) is 0 Å². The first-order valence-electron chi connectivity index (χ1n) is 11.0. The number of hydrogen-bond donors (Lipinski definition) is 3. The van der Waals surface area contributed by atoms with Gasteiger partial charge in [0.15, 0.2) is 5.82 Å². The number of benzene rings is 2. The van der Waals surface area contributed by atoms with Gasteiger partial charge in [0, 0.05) is 23.2 Å². The second-order valence-corrected chi connectivity index (χ2v) is 9.01. The summed E-state index contributed by atoms with van der Waals surface area (Å²) in [6.45, 7) is 2.63. The van der Waals surface area contributed by atoms with Crippen LogP contribution in [0.2, 0.25) is 0 Å². The highest BCUT2D eigenvalue weighted by Crippen LogP contribution is 2.44. The molecule has 3 aromatic rings. The molecule has 2 aliphatic rings. The second-order valence-electron chi connectivity index (χ2n) is 9.01. The van der Waals surface area contributed by atoms with Crippen LogP contribution in [0.3, 0.4) is 0 Å². The molecule has 0 amide bonds. The number of nitrogens with zero attached hydrogens (tertiary/aromatic N) is 3. The van der Waals surface area contributed by atoms with E-state index in [-0.39, 0.29) is 26.7 Å². The third-order valence-electron chi connectivity index (χ3n) is 6.40. The number of fused-ring (bicyclic) bond motifs is 2. The predicted octanol–water partition coefficient (Wildman–Crippen LogP) is 2.71. The monoisotopic (exact) mass is 449 g/mol. The molecule has 0 saturated heterocycles. The van der Waals surface area contributed by atoms with E-state index in [0.717, 1.165) is 48.9 Å². The Labute approximate surface area is 189 Å². The molecule has 3 N–H and O–H groups in total. The van der Waals surface area contributed by atoms with Crippen LogP contribution in [0.4, 0.5) is 15.9 Å². The first-order valence-corrected chi connectivity index (χ1v) is 11.0. The largest absolute Gasteiger partial charge is 0.377 e. The molecule has 0 unspecified atom stereocenters. The smallest absolute Gasteiger partial charge is 0.325 e. The zero-order valence-corrected chi connectivity index (χ0v) is 18.2.